The molecule has 0 radical (unpaired) electrons. The van der Waals surface area contributed by atoms with Crippen molar-refractivity contribution in [3.8, 4) is 0 Å². The van der Waals surface area contributed by atoms with Gasteiger partial charge < -0.3 is 5.32 Å². The average Bonchev–Trinajstić information content (AvgIpc) is 2.18. The molecule has 3 nitrogen and oxygen atoms in total. The lowest BCUT2D eigenvalue weighted by Gasteiger charge is -2.12. The summed E-state index contributed by atoms with van der Waals surface area (Å²) < 4.78 is 0.943. The van der Waals surface area contributed by atoms with Crippen molar-refractivity contribution in [2.24, 2.45) is 0 Å². The zero-order valence-electron chi connectivity index (χ0n) is 8.96. The minimum Gasteiger partial charge on any atom is -0.348 e. The van der Waals surface area contributed by atoms with Gasteiger partial charge in [-0.3, -0.25) is 9.78 Å². The fraction of sp³-hybridized carbons (Fsp3) is 0.455. The fourth-order valence-corrected chi connectivity index (χ4v) is 1.49. The van der Waals surface area contributed by atoms with E-state index < -0.39 is 0 Å². The fourth-order valence-electron chi connectivity index (χ4n) is 1.26. The summed E-state index contributed by atoms with van der Waals surface area (Å²) in [4.78, 5) is 15.6. The van der Waals surface area contributed by atoms with Gasteiger partial charge >= 0.3 is 0 Å². The summed E-state index contributed by atoms with van der Waals surface area (Å²) >= 11 is 3.32. The summed E-state index contributed by atoms with van der Waals surface area (Å²) in [5.74, 6) is 0.0784. The Morgan fingerprint density at radius 3 is 2.87 bits per heavy atom. The third-order valence-corrected chi connectivity index (χ3v) is 2.52. The Kier molecular flexibility index (Phi) is 4.75. The highest BCUT2D eigenvalue weighted by atomic mass is 79.9. The molecule has 0 saturated carbocycles. The number of rotatable bonds is 4. The van der Waals surface area contributed by atoms with E-state index in [1.54, 1.807) is 6.20 Å². The largest absolute Gasteiger partial charge is 0.348 e. The molecule has 0 spiro atoms. The van der Waals surface area contributed by atoms with Crippen LogP contribution in [0.2, 0.25) is 0 Å². The van der Waals surface area contributed by atoms with Gasteiger partial charge in [0.2, 0.25) is 5.91 Å². The molecule has 1 aromatic heterocycles. The van der Waals surface area contributed by atoms with Crippen LogP contribution in [0.25, 0.3) is 0 Å². The monoisotopic (exact) mass is 270 g/mol. The molecule has 0 fully saturated rings. The molecule has 0 aromatic carbocycles. The van der Waals surface area contributed by atoms with Gasteiger partial charge in [0.25, 0.3) is 0 Å². The number of aromatic nitrogens is 1. The van der Waals surface area contributed by atoms with Crippen LogP contribution < -0.4 is 5.32 Å². The van der Waals surface area contributed by atoms with Crippen LogP contribution in [0.5, 0.6) is 0 Å². The molecule has 0 saturated heterocycles. The second-order valence-electron chi connectivity index (χ2n) is 3.44. The van der Waals surface area contributed by atoms with E-state index in [0.29, 0.717) is 6.42 Å². The molecule has 0 aliphatic carbocycles. The maximum atomic E-state index is 11.3. The molecule has 0 aliphatic heterocycles. The Hall–Kier alpha value is -0.900. The Morgan fingerprint density at radius 2 is 2.33 bits per heavy atom. The van der Waals surface area contributed by atoms with Crippen LogP contribution in [-0.2, 0) is 4.79 Å². The Labute approximate surface area is 98.4 Å². The van der Waals surface area contributed by atoms with Crippen molar-refractivity contribution >= 4 is 21.8 Å². The molecule has 1 heterocycles. The highest BCUT2D eigenvalue weighted by Crippen LogP contribution is 2.13. The lowest BCUT2D eigenvalue weighted by molar-refractivity contribution is -0.121. The van der Waals surface area contributed by atoms with Gasteiger partial charge in [-0.15, -0.1) is 0 Å². The summed E-state index contributed by atoms with van der Waals surface area (Å²) in [6, 6.07) is 3.79. The van der Waals surface area contributed by atoms with Crippen molar-refractivity contribution in [3.05, 3.63) is 28.5 Å². The topological polar surface area (TPSA) is 42.0 Å². The van der Waals surface area contributed by atoms with E-state index in [-0.39, 0.29) is 11.9 Å². The molecule has 1 aromatic rings. The van der Waals surface area contributed by atoms with Gasteiger partial charge in [-0.05, 0) is 41.4 Å². The van der Waals surface area contributed by atoms with Gasteiger partial charge in [-0.1, -0.05) is 6.92 Å². The number of carbonyl (C=O) groups excluding carboxylic acids is 1. The first kappa shape index (κ1) is 12.2. The molecule has 1 unspecified atom stereocenters. The lowest BCUT2D eigenvalue weighted by atomic mass is 10.2. The summed E-state index contributed by atoms with van der Waals surface area (Å²) in [6.45, 7) is 3.92. The zero-order chi connectivity index (χ0) is 11.3. The van der Waals surface area contributed by atoms with Gasteiger partial charge in [-0.2, -0.15) is 0 Å². The molecule has 0 aliphatic rings. The predicted octanol–water partition coefficient (Wildman–Crippen LogP) is 2.82. The normalized spacial score (nSPS) is 12.2. The minimum atomic E-state index is -0.0304. The second-order valence-corrected chi connectivity index (χ2v) is 4.36. The number of pyridine rings is 1. The first-order valence-corrected chi connectivity index (χ1v) is 5.83. The van der Waals surface area contributed by atoms with Crippen molar-refractivity contribution < 1.29 is 4.79 Å². The van der Waals surface area contributed by atoms with Crippen LogP contribution >= 0.6 is 15.9 Å². The summed E-state index contributed by atoms with van der Waals surface area (Å²) in [6.07, 6.45) is 3.17. The van der Waals surface area contributed by atoms with Crippen LogP contribution in [0.4, 0.5) is 0 Å². The van der Waals surface area contributed by atoms with Crippen molar-refractivity contribution in [2.75, 3.05) is 0 Å². The number of halogens is 1. The van der Waals surface area contributed by atoms with E-state index in [1.807, 2.05) is 26.0 Å². The number of nitrogens with zero attached hydrogens (tertiary/aromatic N) is 1. The molecule has 82 valence electrons. The van der Waals surface area contributed by atoms with E-state index in [1.165, 1.54) is 0 Å². The molecular formula is C11H15BrN2O. The smallest absolute Gasteiger partial charge is 0.220 e. The van der Waals surface area contributed by atoms with Gasteiger partial charge in [0, 0.05) is 17.1 Å². The highest BCUT2D eigenvalue weighted by Gasteiger charge is 2.09. The maximum absolute atomic E-state index is 11.3. The first-order valence-electron chi connectivity index (χ1n) is 5.04. The van der Waals surface area contributed by atoms with E-state index >= 15 is 0 Å². The molecular weight excluding hydrogens is 256 g/mol. The first-order chi connectivity index (χ1) is 7.13. The third kappa shape index (κ3) is 4.00. The molecule has 1 N–H and O–H groups in total. The number of carbonyl (C=O) groups is 1. The number of amides is 1. The van der Waals surface area contributed by atoms with Gasteiger partial charge in [0.15, 0.2) is 0 Å². The van der Waals surface area contributed by atoms with Crippen molar-refractivity contribution in [2.45, 2.75) is 32.7 Å². The molecule has 0 bridgehead atoms. The van der Waals surface area contributed by atoms with Gasteiger partial charge in [0.05, 0.1) is 11.7 Å². The summed E-state index contributed by atoms with van der Waals surface area (Å²) in [5.41, 5.74) is 0.877. The third-order valence-electron chi connectivity index (χ3n) is 2.05. The Bertz CT molecular complexity index is 324. The average molecular weight is 271 g/mol. The highest BCUT2D eigenvalue weighted by molar-refractivity contribution is 9.10. The van der Waals surface area contributed by atoms with Crippen LogP contribution in [0.1, 0.15) is 38.4 Å². The van der Waals surface area contributed by atoms with Gasteiger partial charge in [-0.25, -0.2) is 0 Å². The molecule has 1 amide bonds. The van der Waals surface area contributed by atoms with Crippen LogP contribution in [0, 0.1) is 0 Å². The van der Waals surface area contributed by atoms with Crippen molar-refractivity contribution in [1.82, 2.24) is 10.3 Å². The van der Waals surface area contributed by atoms with Crippen LogP contribution in [0.3, 0.4) is 0 Å². The summed E-state index contributed by atoms with van der Waals surface area (Å²) in [7, 11) is 0. The second kappa shape index (κ2) is 5.85. The quantitative estimate of drug-likeness (QED) is 0.914. The van der Waals surface area contributed by atoms with E-state index in [2.05, 4.69) is 26.2 Å². The van der Waals surface area contributed by atoms with Gasteiger partial charge in [0.1, 0.15) is 0 Å². The molecule has 15 heavy (non-hydrogen) atoms. The Morgan fingerprint density at radius 1 is 1.60 bits per heavy atom. The van der Waals surface area contributed by atoms with E-state index in [0.717, 1.165) is 16.6 Å². The molecule has 4 heteroatoms. The molecule has 1 atom stereocenters. The SMILES string of the molecule is CCCC(=O)NC(C)c1ccc(Br)cn1. The standard InChI is InChI=1S/C11H15BrN2O/c1-3-4-11(15)14-8(2)10-6-5-9(12)7-13-10/h5-8H,3-4H2,1-2H3,(H,14,15). The Balaban J connectivity index is 2.57. The predicted molar refractivity (Wildman–Crippen MR) is 63.4 cm³/mol. The lowest BCUT2D eigenvalue weighted by Crippen LogP contribution is -2.26. The zero-order valence-corrected chi connectivity index (χ0v) is 10.5. The number of hydrogen-bond acceptors (Lipinski definition) is 2. The van der Waals surface area contributed by atoms with Crippen LogP contribution in [-0.4, -0.2) is 10.9 Å². The van der Waals surface area contributed by atoms with Crippen molar-refractivity contribution in [1.29, 1.82) is 0 Å². The molecule has 1 rings (SSSR count). The van der Waals surface area contributed by atoms with Crippen molar-refractivity contribution in [3.63, 3.8) is 0 Å². The maximum Gasteiger partial charge on any atom is 0.220 e. The van der Waals surface area contributed by atoms with E-state index in [4.69, 9.17) is 0 Å². The number of hydrogen-bond donors (Lipinski definition) is 1. The van der Waals surface area contributed by atoms with E-state index in [9.17, 15) is 4.79 Å². The summed E-state index contributed by atoms with van der Waals surface area (Å²) in [5, 5.41) is 2.90. The van der Waals surface area contributed by atoms with Crippen LogP contribution in [0.15, 0.2) is 22.8 Å². The minimum absolute atomic E-state index is 0.0304. The number of nitrogens with one attached hydrogen (secondary N) is 1.